The highest BCUT2D eigenvalue weighted by molar-refractivity contribution is 5.75. The molecule has 19 heavy (non-hydrogen) atoms. The molecule has 0 bridgehead atoms. The van der Waals surface area contributed by atoms with Gasteiger partial charge in [-0.1, -0.05) is 13.8 Å². The molecule has 0 spiro atoms. The average Bonchev–Trinajstić information content (AvgIpc) is 2.30. The highest BCUT2D eigenvalue weighted by Gasteiger charge is 2.18. The molecule has 1 rings (SSSR count). The maximum Gasteiger partial charge on any atom is 0.328 e. The Kier molecular flexibility index (Phi) is 5.05. The Labute approximate surface area is 110 Å². The number of amides is 1. The lowest BCUT2D eigenvalue weighted by atomic mass is 9.90. The van der Waals surface area contributed by atoms with Crippen molar-refractivity contribution in [3.05, 3.63) is 33.1 Å². The van der Waals surface area contributed by atoms with Crippen LogP contribution in [0.4, 0.5) is 0 Å². The van der Waals surface area contributed by atoms with E-state index in [1.807, 2.05) is 13.8 Å². The molecule has 0 saturated carbocycles. The van der Waals surface area contributed by atoms with Gasteiger partial charge in [0.2, 0.25) is 5.91 Å². The number of aliphatic hydroxyl groups excluding tert-OH is 1. The van der Waals surface area contributed by atoms with E-state index in [4.69, 9.17) is 5.11 Å². The molecule has 7 nitrogen and oxygen atoms in total. The fourth-order valence-electron chi connectivity index (χ4n) is 1.51. The summed E-state index contributed by atoms with van der Waals surface area (Å²) in [6, 6.07) is 1.18. The van der Waals surface area contributed by atoms with Crippen LogP contribution in [0.15, 0.2) is 21.9 Å². The maximum absolute atomic E-state index is 11.7. The summed E-state index contributed by atoms with van der Waals surface area (Å²) in [6.45, 7) is 4.17. The predicted molar refractivity (Wildman–Crippen MR) is 69.8 cm³/mol. The van der Waals surface area contributed by atoms with Crippen molar-refractivity contribution in [2.24, 2.45) is 5.41 Å². The van der Waals surface area contributed by atoms with Crippen LogP contribution in [0.2, 0.25) is 0 Å². The maximum atomic E-state index is 11.7. The van der Waals surface area contributed by atoms with E-state index in [0.717, 1.165) is 4.57 Å². The lowest BCUT2D eigenvalue weighted by Gasteiger charge is -2.23. The molecule has 1 heterocycles. The zero-order chi connectivity index (χ0) is 14.5. The summed E-state index contributed by atoms with van der Waals surface area (Å²) < 4.78 is 1.12. The van der Waals surface area contributed by atoms with Crippen LogP contribution in [0.3, 0.4) is 0 Å². The molecule has 106 valence electrons. The van der Waals surface area contributed by atoms with Gasteiger partial charge in [0, 0.05) is 25.4 Å². The van der Waals surface area contributed by atoms with Crippen molar-refractivity contribution < 1.29 is 9.90 Å². The second kappa shape index (κ2) is 6.33. The van der Waals surface area contributed by atoms with Crippen molar-refractivity contribution in [3.8, 4) is 0 Å². The Morgan fingerprint density at radius 2 is 2.16 bits per heavy atom. The summed E-state index contributed by atoms with van der Waals surface area (Å²) in [5.41, 5.74) is -1.32. The van der Waals surface area contributed by atoms with E-state index in [-0.39, 0.29) is 24.5 Å². The van der Waals surface area contributed by atoms with Gasteiger partial charge < -0.3 is 10.4 Å². The molecule has 1 amide bonds. The first-order valence-corrected chi connectivity index (χ1v) is 6.01. The van der Waals surface area contributed by atoms with Crippen molar-refractivity contribution >= 4 is 5.91 Å². The van der Waals surface area contributed by atoms with Gasteiger partial charge in [0.15, 0.2) is 0 Å². The summed E-state index contributed by atoms with van der Waals surface area (Å²) in [7, 11) is 0. The standard InChI is InChI=1S/C12H19N3O4/c1-12(2,4-6-16)8-13-10(18)7-15-5-3-9(17)14-11(15)19/h3,5,16H,4,6-8H2,1-2H3,(H,13,18)(H,14,17,19). The first-order valence-electron chi connectivity index (χ1n) is 6.01. The van der Waals surface area contributed by atoms with Gasteiger partial charge in [0.05, 0.1) is 0 Å². The molecule has 1 aromatic rings. The lowest BCUT2D eigenvalue weighted by molar-refractivity contribution is -0.122. The summed E-state index contributed by atoms with van der Waals surface area (Å²) in [5, 5.41) is 11.6. The predicted octanol–water partition coefficient (Wildman–Crippen LogP) is -0.939. The Morgan fingerprint density at radius 3 is 2.74 bits per heavy atom. The number of hydrogen-bond acceptors (Lipinski definition) is 4. The third-order valence-electron chi connectivity index (χ3n) is 2.76. The number of aromatic nitrogens is 2. The van der Waals surface area contributed by atoms with E-state index < -0.39 is 11.2 Å². The molecule has 0 aliphatic heterocycles. The van der Waals surface area contributed by atoms with Gasteiger partial charge >= 0.3 is 5.69 Å². The molecule has 0 radical (unpaired) electrons. The number of aromatic amines is 1. The minimum atomic E-state index is -0.614. The number of H-pyrrole nitrogens is 1. The number of carbonyl (C=O) groups is 1. The lowest BCUT2D eigenvalue weighted by Crippen LogP contribution is -2.39. The molecule has 0 fully saturated rings. The first kappa shape index (κ1) is 15.2. The third kappa shape index (κ3) is 5.09. The second-order valence-corrected chi connectivity index (χ2v) is 5.15. The molecule has 0 unspecified atom stereocenters. The van der Waals surface area contributed by atoms with Gasteiger partial charge in [0.1, 0.15) is 6.54 Å². The molecule has 3 N–H and O–H groups in total. The molecular formula is C12H19N3O4. The smallest absolute Gasteiger partial charge is 0.328 e. The van der Waals surface area contributed by atoms with Gasteiger partial charge in [0.25, 0.3) is 5.56 Å². The fourth-order valence-corrected chi connectivity index (χ4v) is 1.51. The van der Waals surface area contributed by atoms with Gasteiger partial charge in [-0.2, -0.15) is 0 Å². The number of nitrogens with zero attached hydrogens (tertiary/aromatic N) is 1. The van der Waals surface area contributed by atoms with E-state index in [2.05, 4.69) is 10.3 Å². The van der Waals surface area contributed by atoms with Crippen LogP contribution >= 0.6 is 0 Å². The zero-order valence-electron chi connectivity index (χ0n) is 11.1. The van der Waals surface area contributed by atoms with E-state index in [1.54, 1.807) is 0 Å². The number of aliphatic hydroxyl groups is 1. The summed E-state index contributed by atoms with van der Waals surface area (Å²) in [4.78, 5) is 36.0. The van der Waals surface area contributed by atoms with E-state index in [0.29, 0.717) is 13.0 Å². The Balaban J connectivity index is 2.56. The van der Waals surface area contributed by atoms with E-state index >= 15 is 0 Å². The van der Waals surface area contributed by atoms with Crippen molar-refractivity contribution in [1.82, 2.24) is 14.9 Å². The van der Waals surface area contributed by atoms with E-state index in [1.165, 1.54) is 12.3 Å². The number of carbonyl (C=O) groups excluding carboxylic acids is 1. The van der Waals surface area contributed by atoms with Crippen molar-refractivity contribution in [3.63, 3.8) is 0 Å². The molecular weight excluding hydrogens is 250 g/mol. The van der Waals surface area contributed by atoms with Crippen LogP contribution < -0.4 is 16.6 Å². The quantitative estimate of drug-likeness (QED) is 0.620. The van der Waals surface area contributed by atoms with Gasteiger partial charge in [-0.25, -0.2) is 4.79 Å². The second-order valence-electron chi connectivity index (χ2n) is 5.15. The highest BCUT2D eigenvalue weighted by Crippen LogP contribution is 2.17. The van der Waals surface area contributed by atoms with Crippen molar-refractivity contribution in [2.45, 2.75) is 26.8 Å². The largest absolute Gasteiger partial charge is 0.396 e. The summed E-state index contributed by atoms with van der Waals surface area (Å²) >= 11 is 0. The highest BCUT2D eigenvalue weighted by atomic mass is 16.3. The van der Waals surface area contributed by atoms with Gasteiger partial charge in [-0.05, 0) is 11.8 Å². The zero-order valence-corrected chi connectivity index (χ0v) is 11.1. The molecule has 0 saturated heterocycles. The van der Waals surface area contributed by atoms with Crippen LogP contribution in [0.1, 0.15) is 20.3 Å². The van der Waals surface area contributed by atoms with Crippen LogP contribution in [-0.4, -0.2) is 33.7 Å². The molecule has 0 aromatic carbocycles. The normalized spacial score (nSPS) is 11.3. The first-order chi connectivity index (χ1) is 8.84. The van der Waals surface area contributed by atoms with Gasteiger partial charge in [-0.15, -0.1) is 0 Å². The number of hydrogen-bond donors (Lipinski definition) is 3. The molecule has 7 heteroatoms. The number of nitrogens with one attached hydrogen (secondary N) is 2. The van der Waals surface area contributed by atoms with Crippen LogP contribution in [0.25, 0.3) is 0 Å². The monoisotopic (exact) mass is 269 g/mol. The molecule has 1 aromatic heterocycles. The SMILES string of the molecule is CC(C)(CCO)CNC(=O)Cn1ccc(=O)[nH]c1=O. The van der Waals surface area contributed by atoms with E-state index in [9.17, 15) is 14.4 Å². The molecule has 0 aliphatic rings. The van der Waals surface area contributed by atoms with Gasteiger partial charge in [-0.3, -0.25) is 19.1 Å². The fraction of sp³-hybridized carbons (Fsp3) is 0.583. The Hall–Kier alpha value is -1.89. The number of rotatable bonds is 6. The topological polar surface area (TPSA) is 104 Å². The molecule has 0 aliphatic carbocycles. The third-order valence-corrected chi connectivity index (χ3v) is 2.76. The summed E-state index contributed by atoms with van der Waals surface area (Å²) in [5.74, 6) is -0.319. The van der Waals surface area contributed by atoms with Crippen molar-refractivity contribution in [2.75, 3.05) is 13.2 Å². The van der Waals surface area contributed by atoms with Crippen molar-refractivity contribution in [1.29, 1.82) is 0 Å². The molecule has 0 atom stereocenters. The average molecular weight is 269 g/mol. The minimum absolute atomic E-state index is 0.0578. The van der Waals surface area contributed by atoms with Crippen LogP contribution in [0, 0.1) is 5.41 Å². The van der Waals surface area contributed by atoms with Crippen LogP contribution in [-0.2, 0) is 11.3 Å². The summed E-state index contributed by atoms with van der Waals surface area (Å²) in [6.07, 6.45) is 1.85. The van der Waals surface area contributed by atoms with Crippen LogP contribution in [0.5, 0.6) is 0 Å². The Morgan fingerprint density at radius 1 is 1.47 bits per heavy atom. The Bertz CT molecular complexity index is 544. The minimum Gasteiger partial charge on any atom is -0.396 e.